The molecule has 1 fully saturated rings. The summed E-state index contributed by atoms with van der Waals surface area (Å²) in [6, 6.07) is 8.74. The van der Waals surface area contributed by atoms with Crippen molar-refractivity contribution in [3.8, 4) is 5.75 Å². The van der Waals surface area contributed by atoms with Crippen LogP contribution in [-0.2, 0) is 6.42 Å². The van der Waals surface area contributed by atoms with Gasteiger partial charge in [0.2, 0.25) is 0 Å². The quantitative estimate of drug-likeness (QED) is 0.251. The Balaban J connectivity index is 1.57. The fourth-order valence-electron chi connectivity index (χ4n) is 4.26. The van der Waals surface area contributed by atoms with Crippen LogP contribution in [0.4, 0.5) is 0 Å². The molecular formula is C26H42O. The van der Waals surface area contributed by atoms with Gasteiger partial charge in [-0.05, 0) is 74.5 Å². The summed E-state index contributed by atoms with van der Waals surface area (Å²) in [5.74, 6) is 2.87. The van der Waals surface area contributed by atoms with Gasteiger partial charge in [0.1, 0.15) is 5.75 Å². The average molecular weight is 371 g/mol. The van der Waals surface area contributed by atoms with E-state index < -0.39 is 0 Å². The summed E-state index contributed by atoms with van der Waals surface area (Å²) < 4.78 is 5.86. The van der Waals surface area contributed by atoms with Crippen molar-refractivity contribution in [1.82, 2.24) is 0 Å². The summed E-state index contributed by atoms with van der Waals surface area (Å²) in [4.78, 5) is 0. The highest BCUT2D eigenvalue weighted by atomic mass is 16.5. The van der Waals surface area contributed by atoms with Crippen molar-refractivity contribution in [3.05, 3.63) is 42.0 Å². The smallest absolute Gasteiger partial charge is 0.119 e. The number of ether oxygens (including phenoxy) is 1. The van der Waals surface area contributed by atoms with Crippen molar-refractivity contribution in [2.75, 3.05) is 6.61 Å². The summed E-state index contributed by atoms with van der Waals surface area (Å²) in [6.45, 7) is 5.43. The molecule has 0 heterocycles. The first-order valence-electron chi connectivity index (χ1n) is 11.7. The van der Waals surface area contributed by atoms with Crippen LogP contribution in [0.3, 0.4) is 0 Å². The van der Waals surface area contributed by atoms with E-state index >= 15 is 0 Å². The number of benzene rings is 1. The van der Waals surface area contributed by atoms with Crippen molar-refractivity contribution >= 4 is 0 Å². The number of hydrogen-bond acceptors (Lipinski definition) is 1. The molecule has 152 valence electrons. The molecule has 0 bridgehead atoms. The molecule has 0 spiro atoms. The molecule has 0 aliphatic heterocycles. The Morgan fingerprint density at radius 1 is 0.889 bits per heavy atom. The second-order valence-electron chi connectivity index (χ2n) is 8.44. The first kappa shape index (κ1) is 22.1. The normalized spacial score (nSPS) is 20.2. The second-order valence-corrected chi connectivity index (χ2v) is 8.44. The van der Waals surface area contributed by atoms with Gasteiger partial charge in [0, 0.05) is 0 Å². The molecule has 0 saturated heterocycles. The van der Waals surface area contributed by atoms with Crippen LogP contribution in [0.5, 0.6) is 5.75 Å². The minimum atomic E-state index is 0.839. The molecule has 0 atom stereocenters. The average Bonchev–Trinajstić information content (AvgIpc) is 2.70. The molecule has 1 nitrogen and oxygen atoms in total. The molecule has 1 aliphatic rings. The zero-order valence-corrected chi connectivity index (χ0v) is 17.9. The van der Waals surface area contributed by atoms with Crippen molar-refractivity contribution < 1.29 is 4.74 Å². The molecule has 0 aromatic heterocycles. The Labute approximate surface area is 168 Å². The lowest BCUT2D eigenvalue weighted by Crippen LogP contribution is -2.12. The zero-order valence-electron chi connectivity index (χ0n) is 17.9. The number of allylic oxidation sites excluding steroid dienone is 2. The van der Waals surface area contributed by atoms with Crippen LogP contribution in [0, 0.1) is 11.8 Å². The molecule has 0 radical (unpaired) electrons. The van der Waals surface area contributed by atoms with Gasteiger partial charge < -0.3 is 4.74 Å². The molecule has 1 heteroatoms. The summed E-state index contributed by atoms with van der Waals surface area (Å²) in [5, 5.41) is 0. The predicted octanol–water partition coefficient (Wildman–Crippen LogP) is 8.13. The monoisotopic (exact) mass is 370 g/mol. The highest BCUT2D eigenvalue weighted by Gasteiger charge is 2.18. The van der Waals surface area contributed by atoms with E-state index in [-0.39, 0.29) is 0 Å². The van der Waals surface area contributed by atoms with Crippen molar-refractivity contribution in [3.63, 3.8) is 0 Å². The molecular weight excluding hydrogens is 328 g/mol. The van der Waals surface area contributed by atoms with Crippen molar-refractivity contribution in [2.24, 2.45) is 11.8 Å². The van der Waals surface area contributed by atoms with Crippen molar-refractivity contribution in [1.29, 1.82) is 0 Å². The lowest BCUT2D eigenvalue weighted by Gasteiger charge is -2.26. The van der Waals surface area contributed by atoms with E-state index in [1.165, 1.54) is 76.2 Å². The molecule has 27 heavy (non-hydrogen) atoms. The van der Waals surface area contributed by atoms with Crippen LogP contribution in [-0.4, -0.2) is 6.61 Å². The molecule has 1 aromatic rings. The van der Waals surface area contributed by atoms with E-state index in [2.05, 4.69) is 50.3 Å². The Hall–Kier alpha value is -1.24. The van der Waals surface area contributed by atoms with Crippen molar-refractivity contribution in [2.45, 2.75) is 97.3 Å². The summed E-state index contributed by atoms with van der Waals surface area (Å²) >= 11 is 0. The third-order valence-corrected chi connectivity index (χ3v) is 6.04. The Kier molecular flexibility index (Phi) is 11.3. The van der Waals surface area contributed by atoms with Crippen LogP contribution in [0.2, 0.25) is 0 Å². The van der Waals surface area contributed by atoms with Gasteiger partial charge in [-0.3, -0.25) is 0 Å². The van der Waals surface area contributed by atoms with Gasteiger partial charge in [0.25, 0.3) is 0 Å². The summed E-state index contributed by atoms with van der Waals surface area (Å²) in [6.07, 6.45) is 22.2. The lowest BCUT2D eigenvalue weighted by atomic mass is 9.80. The van der Waals surface area contributed by atoms with Crippen LogP contribution in [0.1, 0.15) is 96.5 Å². The fraction of sp³-hybridized carbons (Fsp3) is 0.692. The van der Waals surface area contributed by atoms with E-state index in [1.807, 2.05) is 0 Å². The first-order valence-corrected chi connectivity index (χ1v) is 11.7. The van der Waals surface area contributed by atoms with E-state index in [9.17, 15) is 0 Å². The second kappa shape index (κ2) is 13.9. The van der Waals surface area contributed by atoms with Crippen LogP contribution in [0.25, 0.3) is 0 Å². The summed E-state index contributed by atoms with van der Waals surface area (Å²) in [5.41, 5.74) is 1.42. The van der Waals surface area contributed by atoms with Gasteiger partial charge in [0.15, 0.2) is 0 Å². The third-order valence-electron chi connectivity index (χ3n) is 6.04. The van der Waals surface area contributed by atoms with Gasteiger partial charge in [-0.25, -0.2) is 0 Å². The van der Waals surface area contributed by atoms with E-state index in [4.69, 9.17) is 4.74 Å². The van der Waals surface area contributed by atoms with Crippen LogP contribution in [0.15, 0.2) is 36.4 Å². The maximum Gasteiger partial charge on any atom is 0.119 e. The predicted molar refractivity (Wildman–Crippen MR) is 119 cm³/mol. The maximum absolute atomic E-state index is 5.86. The minimum Gasteiger partial charge on any atom is -0.494 e. The maximum atomic E-state index is 5.86. The molecule has 1 aliphatic carbocycles. The Morgan fingerprint density at radius 2 is 1.63 bits per heavy atom. The van der Waals surface area contributed by atoms with Gasteiger partial charge in [-0.1, -0.05) is 76.7 Å². The van der Waals surface area contributed by atoms with Gasteiger partial charge >= 0.3 is 0 Å². The van der Waals surface area contributed by atoms with Crippen LogP contribution < -0.4 is 4.74 Å². The highest BCUT2D eigenvalue weighted by Crippen LogP contribution is 2.32. The topological polar surface area (TPSA) is 9.23 Å². The molecule has 2 rings (SSSR count). The SMILES string of the molecule is CCCCCCCOc1ccc(CC/C=C/C2CCC(CCC)CC2)cc1. The van der Waals surface area contributed by atoms with Gasteiger partial charge in [0.05, 0.1) is 6.61 Å². The zero-order chi connectivity index (χ0) is 19.2. The molecule has 1 saturated carbocycles. The van der Waals surface area contributed by atoms with E-state index in [1.54, 1.807) is 0 Å². The van der Waals surface area contributed by atoms with E-state index in [0.29, 0.717) is 0 Å². The number of aryl methyl sites for hydroxylation is 1. The number of unbranched alkanes of at least 4 members (excludes halogenated alkanes) is 4. The molecule has 0 unspecified atom stereocenters. The third kappa shape index (κ3) is 9.49. The van der Waals surface area contributed by atoms with E-state index in [0.717, 1.165) is 37.0 Å². The standard InChI is InChI=1S/C26H42O/c1-3-5-6-7-10-22-27-26-20-18-25(19-21-26)13-9-8-12-24-16-14-23(11-4-2)15-17-24/h8,12,18-21,23-24H,3-7,9-11,13-17,22H2,1-2H3/b12-8+. The summed E-state index contributed by atoms with van der Waals surface area (Å²) in [7, 11) is 0. The fourth-order valence-corrected chi connectivity index (χ4v) is 4.26. The minimum absolute atomic E-state index is 0.839. The first-order chi connectivity index (χ1) is 13.3. The highest BCUT2D eigenvalue weighted by molar-refractivity contribution is 5.27. The largest absolute Gasteiger partial charge is 0.494 e. The molecule has 0 amide bonds. The molecule has 1 aromatic carbocycles. The number of hydrogen-bond donors (Lipinski definition) is 0. The lowest BCUT2D eigenvalue weighted by molar-refractivity contribution is 0.294. The Bertz CT molecular complexity index is 493. The molecule has 0 N–H and O–H groups in total. The van der Waals surface area contributed by atoms with Crippen LogP contribution >= 0.6 is 0 Å². The van der Waals surface area contributed by atoms with Gasteiger partial charge in [-0.2, -0.15) is 0 Å². The Morgan fingerprint density at radius 3 is 2.33 bits per heavy atom. The van der Waals surface area contributed by atoms with Gasteiger partial charge in [-0.15, -0.1) is 0 Å². The number of rotatable bonds is 13.